The highest BCUT2D eigenvalue weighted by atomic mass is 32.2. The number of carbonyl (C=O) groups is 1. The van der Waals surface area contributed by atoms with Crippen LogP contribution in [-0.4, -0.2) is 37.7 Å². The molecule has 4 rings (SSSR count). The van der Waals surface area contributed by atoms with Crippen LogP contribution in [0, 0.1) is 0 Å². The summed E-state index contributed by atoms with van der Waals surface area (Å²) in [6, 6.07) is 6.92. The predicted molar refractivity (Wildman–Crippen MR) is 124 cm³/mol. The average Bonchev–Trinajstić information content (AvgIpc) is 2.84. The number of hydrogen-bond acceptors (Lipinski definition) is 7. The first-order chi connectivity index (χ1) is 15.4. The Morgan fingerprint density at radius 1 is 1.06 bits per heavy atom. The van der Waals surface area contributed by atoms with Crippen molar-refractivity contribution in [2.24, 2.45) is 14.1 Å². The van der Waals surface area contributed by atoms with Crippen molar-refractivity contribution in [2.75, 3.05) is 12.9 Å². The van der Waals surface area contributed by atoms with E-state index in [0.717, 1.165) is 30.3 Å². The maximum atomic E-state index is 13.0. The molecule has 3 aromatic rings. The summed E-state index contributed by atoms with van der Waals surface area (Å²) < 4.78 is 7.59. The number of aryl methyl sites for hydroxylation is 1. The lowest BCUT2D eigenvalue weighted by Gasteiger charge is -2.21. The summed E-state index contributed by atoms with van der Waals surface area (Å²) in [5, 5.41) is 0.732. The van der Waals surface area contributed by atoms with Crippen LogP contribution in [0.5, 0.6) is 5.75 Å². The Morgan fingerprint density at radius 3 is 2.41 bits per heavy atom. The van der Waals surface area contributed by atoms with E-state index in [-0.39, 0.29) is 22.8 Å². The van der Waals surface area contributed by atoms with Gasteiger partial charge >= 0.3 is 5.69 Å². The molecule has 0 N–H and O–H groups in total. The van der Waals surface area contributed by atoms with Gasteiger partial charge in [0.2, 0.25) is 0 Å². The third-order valence-electron chi connectivity index (χ3n) is 6.01. The Labute approximate surface area is 189 Å². The Kier molecular flexibility index (Phi) is 6.45. The normalized spacial score (nSPS) is 14.6. The summed E-state index contributed by atoms with van der Waals surface area (Å²) in [4.78, 5) is 47.6. The molecule has 8 nitrogen and oxygen atoms in total. The third-order valence-corrected chi connectivity index (χ3v) is 6.98. The molecule has 0 aliphatic heterocycles. The van der Waals surface area contributed by atoms with Crippen molar-refractivity contribution >= 4 is 28.6 Å². The maximum Gasteiger partial charge on any atom is 0.332 e. The van der Waals surface area contributed by atoms with Gasteiger partial charge in [0.05, 0.1) is 12.9 Å². The van der Waals surface area contributed by atoms with Crippen LogP contribution in [0.25, 0.3) is 11.0 Å². The van der Waals surface area contributed by atoms with E-state index < -0.39 is 11.2 Å². The first-order valence-corrected chi connectivity index (χ1v) is 11.7. The molecular weight excluding hydrogens is 428 g/mol. The quantitative estimate of drug-likeness (QED) is 0.321. The van der Waals surface area contributed by atoms with Gasteiger partial charge in [-0.05, 0) is 37.1 Å². The van der Waals surface area contributed by atoms with Crippen molar-refractivity contribution in [1.29, 1.82) is 0 Å². The SMILES string of the molecule is COc1ccc(C(=O)CSc2nc(C3CCCCC3)nc3c2c(=O)n(C)c(=O)n3C)cc1. The van der Waals surface area contributed by atoms with E-state index in [2.05, 4.69) is 4.98 Å². The van der Waals surface area contributed by atoms with Crippen LogP contribution in [0.3, 0.4) is 0 Å². The van der Waals surface area contributed by atoms with Gasteiger partial charge < -0.3 is 4.74 Å². The molecule has 168 valence electrons. The number of thioether (sulfide) groups is 1. The molecule has 2 aromatic heterocycles. The average molecular weight is 455 g/mol. The van der Waals surface area contributed by atoms with Gasteiger partial charge in [0.15, 0.2) is 11.4 Å². The van der Waals surface area contributed by atoms with Gasteiger partial charge in [-0.15, -0.1) is 0 Å². The number of ether oxygens (including phenoxy) is 1. The van der Waals surface area contributed by atoms with Crippen LogP contribution in [0.4, 0.5) is 0 Å². The largest absolute Gasteiger partial charge is 0.497 e. The summed E-state index contributed by atoms with van der Waals surface area (Å²) in [5.74, 6) is 1.57. The highest BCUT2D eigenvalue weighted by Gasteiger charge is 2.23. The molecule has 1 aromatic carbocycles. The number of methoxy groups -OCH3 is 1. The molecule has 32 heavy (non-hydrogen) atoms. The summed E-state index contributed by atoms with van der Waals surface area (Å²) in [7, 11) is 4.62. The van der Waals surface area contributed by atoms with Crippen molar-refractivity contribution in [1.82, 2.24) is 19.1 Å². The molecule has 0 saturated heterocycles. The van der Waals surface area contributed by atoms with Crippen LogP contribution in [-0.2, 0) is 14.1 Å². The van der Waals surface area contributed by atoms with Gasteiger partial charge in [0.25, 0.3) is 5.56 Å². The summed E-state index contributed by atoms with van der Waals surface area (Å²) >= 11 is 1.22. The Balaban J connectivity index is 1.74. The number of ketones is 1. The lowest BCUT2D eigenvalue weighted by molar-refractivity contribution is 0.102. The third kappa shape index (κ3) is 4.21. The van der Waals surface area contributed by atoms with Gasteiger partial charge in [-0.25, -0.2) is 14.8 Å². The molecule has 1 aliphatic carbocycles. The zero-order valence-corrected chi connectivity index (χ0v) is 19.3. The van der Waals surface area contributed by atoms with Crippen LogP contribution < -0.4 is 16.0 Å². The molecule has 1 fully saturated rings. The molecule has 2 heterocycles. The van der Waals surface area contributed by atoms with Crippen LogP contribution in [0.1, 0.15) is 54.2 Å². The number of carbonyl (C=O) groups excluding carboxylic acids is 1. The van der Waals surface area contributed by atoms with E-state index in [9.17, 15) is 14.4 Å². The lowest BCUT2D eigenvalue weighted by Crippen LogP contribution is -2.38. The number of aromatic nitrogens is 4. The van der Waals surface area contributed by atoms with Gasteiger partial charge in [0.1, 0.15) is 22.0 Å². The van der Waals surface area contributed by atoms with Crippen LogP contribution in [0.15, 0.2) is 38.9 Å². The molecule has 0 radical (unpaired) electrons. The fourth-order valence-electron chi connectivity index (χ4n) is 4.09. The molecule has 1 saturated carbocycles. The lowest BCUT2D eigenvalue weighted by atomic mass is 9.89. The fourth-order valence-corrected chi connectivity index (χ4v) is 5.00. The van der Waals surface area contributed by atoms with Crippen molar-refractivity contribution < 1.29 is 9.53 Å². The minimum Gasteiger partial charge on any atom is -0.497 e. The number of Topliss-reactive ketones (excluding diaryl/α,β-unsaturated/α-hetero) is 1. The summed E-state index contributed by atoms with van der Waals surface area (Å²) in [6.07, 6.45) is 5.39. The van der Waals surface area contributed by atoms with Crippen molar-refractivity contribution in [2.45, 2.75) is 43.0 Å². The van der Waals surface area contributed by atoms with Gasteiger partial charge in [0, 0.05) is 25.6 Å². The first-order valence-electron chi connectivity index (χ1n) is 10.7. The maximum absolute atomic E-state index is 13.0. The minimum absolute atomic E-state index is 0.0784. The van der Waals surface area contributed by atoms with E-state index in [1.54, 1.807) is 38.4 Å². The molecular formula is C23H26N4O4S. The van der Waals surface area contributed by atoms with Gasteiger partial charge in [-0.1, -0.05) is 31.0 Å². The number of hydrogen-bond donors (Lipinski definition) is 0. The van der Waals surface area contributed by atoms with Crippen molar-refractivity contribution in [3.05, 3.63) is 56.5 Å². The molecule has 9 heteroatoms. The van der Waals surface area contributed by atoms with Gasteiger partial charge in [-0.2, -0.15) is 0 Å². The number of rotatable bonds is 6. The Morgan fingerprint density at radius 2 is 1.75 bits per heavy atom. The van der Waals surface area contributed by atoms with E-state index in [1.165, 1.54) is 29.8 Å². The molecule has 1 aliphatic rings. The zero-order chi connectivity index (χ0) is 22.8. The monoisotopic (exact) mass is 454 g/mol. The summed E-state index contributed by atoms with van der Waals surface area (Å²) in [6.45, 7) is 0. The van der Waals surface area contributed by atoms with E-state index in [0.29, 0.717) is 27.8 Å². The predicted octanol–water partition coefficient (Wildman–Crippen LogP) is 3.06. The highest BCUT2D eigenvalue weighted by molar-refractivity contribution is 8.00. The van der Waals surface area contributed by atoms with E-state index >= 15 is 0 Å². The Hall–Kier alpha value is -2.94. The Bertz CT molecular complexity index is 1270. The highest BCUT2D eigenvalue weighted by Crippen LogP contribution is 2.33. The second-order valence-corrected chi connectivity index (χ2v) is 9.03. The molecule has 0 spiro atoms. The summed E-state index contributed by atoms with van der Waals surface area (Å²) in [5.41, 5.74) is 0.0104. The number of benzene rings is 1. The molecule has 0 amide bonds. The smallest absolute Gasteiger partial charge is 0.332 e. The van der Waals surface area contributed by atoms with Crippen LogP contribution in [0.2, 0.25) is 0 Å². The molecule has 0 bridgehead atoms. The number of fused-ring (bicyclic) bond motifs is 1. The van der Waals surface area contributed by atoms with E-state index in [1.807, 2.05) is 0 Å². The molecule has 0 unspecified atom stereocenters. The van der Waals surface area contributed by atoms with Crippen molar-refractivity contribution in [3.63, 3.8) is 0 Å². The zero-order valence-electron chi connectivity index (χ0n) is 18.5. The van der Waals surface area contributed by atoms with Crippen LogP contribution >= 0.6 is 11.8 Å². The topological polar surface area (TPSA) is 96.1 Å². The van der Waals surface area contributed by atoms with E-state index in [4.69, 9.17) is 9.72 Å². The number of nitrogens with zero attached hydrogens (tertiary/aromatic N) is 4. The second-order valence-electron chi connectivity index (χ2n) is 8.07. The minimum atomic E-state index is -0.447. The van der Waals surface area contributed by atoms with Gasteiger partial charge in [-0.3, -0.25) is 18.7 Å². The second kappa shape index (κ2) is 9.28. The first kappa shape index (κ1) is 22.3. The molecule has 0 atom stereocenters. The van der Waals surface area contributed by atoms with Crippen molar-refractivity contribution in [3.8, 4) is 5.75 Å². The standard InChI is InChI=1S/C23H26N4O4S/c1-26-20-18(22(29)27(2)23(26)30)21(25-19(24-20)15-7-5-4-6-8-15)32-13-17(28)14-9-11-16(31-3)12-10-14/h9-12,15H,4-8,13H2,1-3H3. The fraction of sp³-hybridized carbons (Fsp3) is 0.435.